The molecule has 0 bridgehead atoms. The van der Waals surface area contributed by atoms with Gasteiger partial charge in [0, 0.05) is 30.6 Å². The van der Waals surface area contributed by atoms with Crippen LogP contribution in [0.15, 0.2) is 41.8 Å². The number of fused-ring (bicyclic) bond motifs is 3. The summed E-state index contributed by atoms with van der Waals surface area (Å²) < 4.78 is 2.83. The predicted molar refractivity (Wildman–Crippen MR) is 113 cm³/mol. The topological polar surface area (TPSA) is 38.1 Å². The average molecular weight is 420 g/mol. The third kappa shape index (κ3) is 2.76. The number of thioether (sulfide) groups is 1. The summed E-state index contributed by atoms with van der Waals surface area (Å²) in [7, 11) is 5.23. The van der Waals surface area contributed by atoms with Crippen molar-refractivity contribution in [3.63, 3.8) is 0 Å². The Hall–Kier alpha value is -1.48. The van der Waals surface area contributed by atoms with Gasteiger partial charge in [0.15, 0.2) is 5.16 Å². The molecule has 0 fully saturated rings. The molecule has 0 N–H and O–H groups in total. The third-order valence-electron chi connectivity index (χ3n) is 4.51. The van der Waals surface area contributed by atoms with Crippen LogP contribution >= 0.6 is 44.7 Å². The van der Waals surface area contributed by atoms with Gasteiger partial charge in [-0.25, -0.2) is 4.98 Å². The molecule has 4 nitrogen and oxygen atoms in total. The first-order chi connectivity index (χ1) is 12.4. The molecule has 0 aliphatic carbocycles. The number of carbonyl (C=O) groups is 1. The minimum absolute atomic E-state index is 0.0745. The summed E-state index contributed by atoms with van der Waals surface area (Å²) in [6.07, 6.45) is 3.63. The molecule has 1 aliphatic rings. The van der Waals surface area contributed by atoms with Crippen molar-refractivity contribution in [2.75, 3.05) is 10.7 Å². The third-order valence-corrected chi connectivity index (χ3v) is 8.88. The summed E-state index contributed by atoms with van der Waals surface area (Å²) >= 11 is 7.05. The van der Waals surface area contributed by atoms with Crippen LogP contribution in [0.5, 0.6) is 0 Å². The van der Waals surface area contributed by atoms with Gasteiger partial charge in [-0.1, -0.05) is 62.9 Å². The highest BCUT2D eigenvalue weighted by Crippen LogP contribution is 2.52. The summed E-state index contributed by atoms with van der Waals surface area (Å²) in [5, 5.41) is 0.841. The molecule has 0 saturated carbocycles. The van der Waals surface area contributed by atoms with Crippen LogP contribution < -0.4 is 4.90 Å². The molecule has 0 atom stereocenters. The Kier molecular flexibility index (Phi) is 4.54. The normalized spacial score (nSPS) is 14.8. The van der Waals surface area contributed by atoms with Gasteiger partial charge in [-0.05, 0) is 19.9 Å². The summed E-state index contributed by atoms with van der Waals surface area (Å²) in [6, 6.07) is 8.06. The summed E-state index contributed by atoms with van der Waals surface area (Å²) in [4.78, 5) is 20.6. The highest BCUT2D eigenvalue weighted by molar-refractivity contribution is 7.99. The number of anilines is 1. The van der Waals surface area contributed by atoms with Crippen LogP contribution in [-0.4, -0.2) is 21.2 Å². The number of rotatable bonds is 3. The van der Waals surface area contributed by atoms with E-state index >= 15 is 0 Å². The van der Waals surface area contributed by atoms with Gasteiger partial charge >= 0.3 is 0 Å². The number of nitrogens with zero attached hydrogens (tertiary/aromatic N) is 3. The zero-order valence-corrected chi connectivity index (χ0v) is 17.8. The second-order valence-corrected chi connectivity index (χ2v) is 10.3. The molecular formula is C18H17N3OS4. The minimum atomic E-state index is -0.429. The van der Waals surface area contributed by atoms with Crippen LogP contribution in [0.2, 0.25) is 0 Å². The second kappa shape index (κ2) is 6.60. The molecule has 4 rings (SSSR count). The van der Waals surface area contributed by atoms with E-state index in [1.54, 1.807) is 26.9 Å². The summed E-state index contributed by atoms with van der Waals surface area (Å²) in [5.74, 6) is 0.415. The summed E-state index contributed by atoms with van der Waals surface area (Å²) in [6.45, 7) is 4.20. The Bertz CT molecular complexity index is 1050. The fourth-order valence-electron chi connectivity index (χ4n) is 3.31. The molecule has 134 valence electrons. The van der Waals surface area contributed by atoms with Gasteiger partial charge in [0.05, 0.1) is 21.9 Å². The molecule has 8 heteroatoms. The molecule has 1 amide bonds. The Morgan fingerprint density at radius 2 is 2.08 bits per heavy atom. The molecule has 1 aliphatic heterocycles. The molecule has 1 aromatic carbocycles. The Morgan fingerprint density at radius 1 is 1.31 bits per heavy atom. The zero-order valence-electron chi connectivity index (χ0n) is 14.6. The average Bonchev–Trinajstić information content (AvgIpc) is 3.19. The maximum Gasteiger partial charge on any atom is 0.238 e. The summed E-state index contributed by atoms with van der Waals surface area (Å²) in [5.41, 5.74) is 2.68. The number of aromatic nitrogens is 2. The molecule has 0 saturated heterocycles. The van der Waals surface area contributed by atoms with E-state index in [0.29, 0.717) is 5.75 Å². The number of benzene rings is 1. The predicted octanol–water partition coefficient (Wildman–Crippen LogP) is 5.31. The van der Waals surface area contributed by atoms with Gasteiger partial charge in [-0.15, -0.1) is 0 Å². The van der Waals surface area contributed by atoms with Crippen LogP contribution in [0.25, 0.3) is 11.1 Å². The van der Waals surface area contributed by atoms with E-state index in [2.05, 4.69) is 24.9 Å². The highest BCUT2D eigenvalue weighted by Gasteiger charge is 2.42. The van der Waals surface area contributed by atoms with Crippen molar-refractivity contribution >= 4 is 56.3 Å². The van der Waals surface area contributed by atoms with Gasteiger partial charge in [0.25, 0.3) is 0 Å². The molecule has 0 spiro atoms. The van der Waals surface area contributed by atoms with E-state index in [9.17, 15) is 4.79 Å². The van der Waals surface area contributed by atoms with Gasteiger partial charge in [-0.2, -0.15) is 0 Å². The van der Waals surface area contributed by atoms with Crippen molar-refractivity contribution in [1.82, 2.24) is 9.55 Å². The van der Waals surface area contributed by atoms with Crippen molar-refractivity contribution in [1.29, 1.82) is 0 Å². The lowest BCUT2D eigenvalue weighted by Gasteiger charge is -2.42. The SMILES string of the molecule is Cn1ccnc1SCC(=O)N1c2ccccc2-c2c(ssc2=S)C1(C)C. The van der Waals surface area contributed by atoms with Gasteiger partial charge in [-0.3, -0.25) is 4.79 Å². The number of aryl methyl sites for hydroxylation is 1. The maximum absolute atomic E-state index is 13.2. The van der Waals surface area contributed by atoms with Crippen molar-refractivity contribution in [3.8, 4) is 11.1 Å². The molecule has 3 heterocycles. The zero-order chi connectivity index (χ0) is 18.5. The van der Waals surface area contributed by atoms with E-state index in [0.717, 1.165) is 25.8 Å². The maximum atomic E-state index is 13.2. The van der Waals surface area contributed by atoms with E-state index in [4.69, 9.17) is 12.2 Å². The Labute approximate surface area is 168 Å². The minimum Gasteiger partial charge on any atom is -0.329 e. The number of carbonyl (C=O) groups excluding carboxylic acids is 1. The molecule has 26 heavy (non-hydrogen) atoms. The fourth-order valence-corrected chi connectivity index (χ4v) is 7.37. The van der Waals surface area contributed by atoms with Crippen LogP contribution in [-0.2, 0) is 17.4 Å². The molecule has 0 unspecified atom stereocenters. The molecule has 2 aromatic heterocycles. The van der Waals surface area contributed by atoms with Crippen LogP contribution in [0.4, 0.5) is 5.69 Å². The van der Waals surface area contributed by atoms with Crippen molar-refractivity contribution in [2.24, 2.45) is 7.05 Å². The largest absolute Gasteiger partial charge is 0.329 e. The first-order valence-electron chi connectivity index (χ1n) is 8.07. The van der Waals surface area contributed by atoms with Crippen molar-refractivity contribution in [3.05, 3.63) is 45.4 Å². The van der Waals surface area contributed by atoms with E-state index in [1.807, 2.05) is 40.9 Å². The van der Waals surface area contributed by atoms with Gasteiger partial charge < -0.3 is 9.47 Å². The first-order valence-corrected chi connectivity index (χ1v) is 11.6. The van der Waals surface area contributed by atoms with Crippen LogP contribution in [0.3, 0.4) is 0 Å². The Morgan fingerprint density at radius 3 is 2.81 bits per heavy atom. The fraction of sp³-hybridized carbons (Fsp3) is 0.278. The molecule has 3 aromatic rings. The smallest absolute Gasteiger partial charge is 0.238 e. The lowest BCUT2D eigenvalue weighted by molar-refractivity contribution is -0.117. The Balaban J connectivity index is 1.75. The van der Waals surface area contributed by atoms with Crippen LogP contribution in [0.1, 0.15) is 18.7 Å². The second-order valence-electron chi connectivity index (χ2n) is 6.57. The first kappa shape index (κ1) is 17.9. The van der Waals surface area contributed by atoms with Crippen molar-refractivity contribution in [2.45, 2.75) is 24.5 Å². The van der Waals surface area contributed by atoms with Gasteiger partial charge in [0.1, 0.15) is 3.82 Å². The monoisotopic (exact) mass is 419 g/mol. The number of imidazole rings is 1. The number of hydrogen-bond donors (Lipinski definition) is 0. The standard InChI is InChI=1S/C18H17N3OS4/c1-18(2)15-14(16(23)26-25-15)11-6-4-5-7-12(11)21(18)13(22)10-24-17-19-8-9-20(17)3/h4-9H,10H2,1-3H3. The van der Waals surface area contributed by atoms with Crippen molar-refractivity contribution < 1.29 is 4.79 Å². The van der Waals surface area contributed by atoms with Crippen LogP contribution in [0, 0.1) is 3.82 Å². The van der Waals surface area contributed by atoms with E-state index in [-0.39, 0.29) is 5.91 Å². The van der Waals surface area contributed by atoms with Gasteiger partial charge in [0.2, 0.25) is 5.91 Å². The number of hydrogen-bond acceptors (Lipinski definition) is 6. The van der Waals surface area contributed by atoms with E-state index in [1.165, 1.54) is 16.6 Å². The molecular weight excluding hydrogens is 402 g/mol. The lowest BCUT2D eigenvalue weighted by atomic mass is 9.87. The number of amides is 1. The highest BCUT2D eigenvalue weighted by atomic mass is 32.9. The number of para-hydroxylation sites is 1. The van der Waals surface area contributed by atoms with E-state index < -0.39 is 5.54 Å². The lowest BCUT2D eigenvalue weighted by Crippen LogP contribution is -2.48. The molecule has 0 radical (unpaired) electrons. The quantitative estimate of drug-likeness (QED) is 0.327.